The molecule has 5 nitrogen and oxygen atoms in total. The molecule has 1 fully saturated rings. The minimum atomic E-state index is -2.63. The van der Waals surface area contributed by atoms with Crippen LogP contribution in [0.3, 0.4) is 0 Å². The number of alkyl halides is 2. The molecule has 17 heavy (non-hydrogen) atoms. The number of ether oxygens (including phenoxy) is 2. The van der Waals surface area contributed by atoms with E-state index < -0.39 is 17.8 Å². The topological polar surface area (TPSA) is 64.2 Å². The maximum Gasteiger partial charge on any atom is 0.345 e. The van der Waals surface area contributed by atoms with Crippen molar-refractivity contribution in [3.8, 4) is 5.88 Å². The Bertz CT molecular complexity index is 419. The minimum absolute atomic E-state index is 0.0751. The highest BCUT2D eigenvalue weighted by atomic mass is 19.3. The average Bonchev–Trinajstić information content (AvgIpc) is 2.71. The Hall–Kier alpha value is -1.66. The lowest BCUT2D eigenvalue weighted by atomic mass is 10.3. The van der Waals surface area contributed by atoms with Crippen LogP contribution in [0.2, 0.25) is 0 Å². The fourth-order valence-electron chi connectivity index (χ4n) is 1.37. The van der Waals surface area contributed by atoms with Gasteiger partial charge in [-0.15, -0.1) is 0 Å². The van der Waals surface area contributed by atoms with Gasteiger partial charge in [0.15, 0.2) is 0 Å². The van der Waals surface area contributed by atoms with Gasteiger partial charge in [0.2, 0.25) is 5.88 Å². The first-order valence-electron chi connectivity index (χ1n) is 5.25. The number of carbonyl (C=O) groups excluding carboxylic acids is 1. The Kier molecular flexibility index (Phi) is 2.99. The molecular weight excluding hydrogens is 234 g/mol. The number of nitrogens with one attached hydrogen (secondary N) is 1. The summed E-state index contributed by atoms with van der Waals surface area (Å²) in [7, 11) is 0. The molecule has 0 radical (unpaired) electrons. The summed E-state index contributed by atoms with van der Waals surface area (Å²) in [6.45, 7) is 1.76. The fraction of sp³-hybridized carbons (Fsp3) is 0.600. The van der Waals surface area contributed by atoms with Crippen LogP contribution in [0.15, 0.2) is 6.20 Å². The highest BCUT2D eigenvalue weighted by molar-refractivity contribution is 5.91. The lowest BCUT2D eigenvalue weighted by Gasteiger charge is -2.05. The van der Waals surface area contributed by atoms with Crippen molar-refractivity contribution >= 4 is 5.97 Å². The van der Waals surface area contributed by atoms with E-state index in [1.54, 1.807) is 6.92 Å². The Morgan fingerprint density at radius 1 is 1.71 bits per heavy atom. The van der Waals surface area contributed by atoms with E-state index in [2.05, 4.69) is 10.2 Å². The molecule has 1 saturated carbocycles. The Labute approximate surface area is 96.1 Å². The largest absolute Gasteiger partial charge is 0.477 e. The van der Waals surface area contributed by atoms with Crippen LogP contribution in [0.5, 0.6) is 5.88 Å². The second-order valence-corrected chi connectivity index (χ2v) is 3.81. The molecule has 94 valence electrons. The van der Waals surface area contributed by atoms with Gasteiger partial charge in [-0.1, -0.05) is 0 Å². The van der Waals surface area contributed by atoms with Crippen molar-refractivity contribution in [1.82, 2.24) is 10.2 Å². The first-order chi connectivity index (χ1) is 8.04. The third-order valence-corrected chi connectivity index (χ3v) is 2.48. The molecule has 0 aromatic carbocycles. The van der Waals surface area contributed by atoms with Gasteiger partial charge in [0.05, 0.1) is 25.3 Å². The van der Waals surface area contributed by atoms with Crippen molar-refractivity contribution in [1.29, 1.82) is 0 Å². The summed E-state index contributed by atoms with van der Waals surface area (Å²) in [4.78, 5) is 11.4. The van der Waals surface area contributed by atoms with Gasteiger partial charge in [0.1, 0.15) is 5.56 Å². The minimum Gasteiger partial charge on any atom is -0.477 e. The second kappa shape index (κ2) is 4.31. The van der Waals surface area contributed by atoms with Crippen molar-refractivity contribution in [2.24, 2.45) is 5.92 Å². The van der Waals surface area contributed by atoms with Crippen LogP contribution in [-0.4, -0.2) is 35.3 Å². The average molecular weight is 246 g/mol. The molecule has 0 bridgehead atoms. The molecule has 1 aromatic rings. The summed E-state index contributed by atoms with van der Waals surface area (Å²) in [5, 5.41) is 6.06. The summed E-state index contributed by atoms with van der Waals surface area (Å²) in [6, 6.07) is 0. The molecule has 1 heterocycles. The zero-order chi connectivity index (χ0) is 12.5. The molecule has 7 heteroatoms. The molecule has 1 N–H and O–H groups in total. The number of hydrogen-bond acceptors (Lipinski definition) is 4. The van der Waals surface area contributed by atoms with E-state index in [-0.39, 0.29) is 31.1 Å². The fourth-order valence-corrected chi connectivity index (χ4v) is 1.37. The van der Waals surface area contributed by atoms with Gasteiger partial charge in [-0.2, -0.15) is 5.10 Å². The van der Waals surface area contributed by atoms with E-state index >= 15 is 0 Å². The highest BCUT2D eigenvalue weighted by Gasteiger charge is 2.57. The quantitative estimate of drug-likeness (QED) is 0.802. The van der Waals surface area contributed by atoms with Crippen molar-refractivity contribution in [2.75, 3.05) is 13.2 Å². The summed E-state index contributed by atoms with van der Waals surface area (Å²) < 4.78 is 35.1. The van der Waals surface area contributed by atoms with Gasteiger partial charge in [-0.3, -0.25) is 0 Å². The first-order valence-corrected chi connectivity index (χ1v) is 5.25. The van der Waals surface area contributed by atoms with Crippen LogP contribution in [0, 0.1) is 5.92 Å². The van der Waals surface area contributed by atoms with E-state index in [0.29, 0.717) is 0 Å². The third-order valence-electron chi connectivity index (χ3n) is 2.48. The smallest absolute Gasteiger partial charge is 0.345 e. The number of esters is 1. The van der Waals surface area contributed by atoms with Crippen LogP contribution >= 0.6 is 0 Å². The lowest BCUT2D eigenvalue weighted by Crippen LogP contribution is -2.10. The molecule has 0 spiro atoms. The van der Waals surface area contributed by atoms with E-state index in [9.17, 15) is 13.6 Å². The Morgan fingerprint density at radius 2 is 2.41 bits per heavy atom. The maximum atomic E-state index is 12.6. The zero-order valence-corrected chi connectivity index (χ0v) is 9.20. The molecule has 0 aliphatic heterocycles. The van der Waals surface area contributed by atoms with Gasteiger partial charge in [-0.25, -0.2) is 18.7 Å². The van der Waals surface area contributed by atoms with E-state index in [1.165, 1.54) is 6.20 Å². The maximum absolute atomic E-state index is 12.6. The molecule has 2 rings (SSSR count). The molecule has 1 aliphatic rings. The van der Waals surface area contributed by atoms with E-state index in [4.69, 9.17) is 9.47 Å². The molecule has 1 aliphatic carbocycles. The first kappa shape index (κ1) is 11.8. The predicted molar refractivity (Wildman–Crippen MR) is 53.1 cm³/mol. The van der Waals surface area contributed by atoms with E-state index in [1.807, 2.05) is 0 Å². The molecular formula is C10H12F2N2O3. The molecule has 0 unspecified atom stereocenters. The summed E-state index contributed by atoms with van der Waals surface area (Å²) in [5.41, 5.74) is 0.121. The number of nitrogens with zero attached hydrogens (tertiary/aromatic N) is 1. The van der Waals surface area contributed by atoms with Gasteiger partial charge < -0.3 is 9.47 Å². The SMILES string of the molecule is CCOC(=O)c1cn[nH]c1OC[C@@H]1CC1(F)F. The predicted octanol–water partition coefficient (Wildman–Crippen LogP) is 1.62. The van der Waals surface area contributed by atoms with Crippen molar-refractivity contribution in [3.05, 3.63) is 11.8 Å². The van der Waals surface area contributed by atoms with Crippen LogP contribution in [0.25, 0.3) is 0 Å². The Morgan fingerprint density at radius 3 is 3.00 bits per heavy atom. The third kappa shape index (κ3) is 2.54. The second-order valence-electron chi connectivity index (χ2n) is 3.81. The number of rotatable bonds is 5. The molecule has 0 saturated heterocycles. The Balaban J connectivity index is 1.93. The summed E-state index contributed by atoms with van der Waals surface area (Å²) >= 11 is 0. The van der Waals surface area contributed by atoms with Crippen LogP contribution in [0.1, 0.15) is 23.7 Å². The van der Waals surface area contributed by atoms with Gasteiger partial charge in [-0.05, 0) is 6.92 Å². The monoisotopic (exact) mass is 246 g/mol. The number of carbonyl (C=O) groups is 1. The molecule has 1 aromatic heterocycles. The van der Waals surface area contributed by atoms with Crippen LogP contribution in [0.4, 0.5) is 8.78 Å². The van der Waals surface area contributed by atoms with E-state index in [0.717, 1.165) is 0 Å². The summed E-state index contributed by atoms with van der Waals surface area (Å²) in [5.74, 6) is -3.92. The van der Waals surface area contributed by atoms with Crippen molar-refractivity contribution in [3.63, 3.8) is 0 Å². The number of H-pyrrole nitrogens is 1. The molecule has 0 amide bonds. The number of hydrogen-bond donors (Lipinski definition) is 1. The van der Waals surface area contributed by atoms with Crippen molar-refractivity contribution < 1.29 is 23.0 Å². The molecule has 1 atom stereocenters. The highest BCUT2D eigenvalue weighted by Crippen LogP contribution is 2.48. The van der Waals surface area contributed by atoms with Crippen LogP contribution in [-0.2, 0) is 4.74 Å². The number of aromatic amines is 1. The van der Waals surface area contributed by atoms with Crippen LogP contribution < -0.4 is 4.74 Å². The summed E-state index contributed by atoms with van der Waals surface area (Å²) in [6.07, 6.45) is 1.08. The van der Waals surface area contributed by atoms with Gasteiger partial charge in [0, 0.05) is 6.42 Å². The zero-order valence-electron chi connectivity index (χ0n) is 9.20. The van der Waals surface area contributed by atoms with Gasteiger partial charge >= 0.3 is 5.97 Å². The normalized spacial score (nSPS) is 21.0. The lowest BCUT2D eigenvalue weighted by molar-refractivity contribution is 0.0520. The number of halogens is 2. The number of aromatic nitrogens is 2. The van der Waals surface area contributed by atoms with Gasteiger partial charge in [0.25, 0.3) is 5.92 Å². The standard InChI is InChI=1S/C10H12F2N2O3/c1-2-16-9(15)7-4-13-14-8(7)17-5-6-3-10(6,11)12/h4,6H,2-3,5H2,1H3,(H,13,14)/t6-/m0/s1. The van der Waals surface area contributed by atoms with Crippen molar-refractivity contribution in [2.45, 2.75) is 19.3 Å².